The lowest BCUT2D eigenvalue weighted by Gasteiger charge is -2.33. The summed E-state index contributed by atoms with van der Waals surface area (Å²) in [6.45, 7) is 6.20. The summed E-state index contributed by atoms with van der Waals surface area (Å²) in [5, 5.41) is 21.0. The maximum atomic E-state index is 10.4. The van der Waals surface area contributed by atoms with E-state index >= 15 is 0 Å². The number of aromatic hydroxyl groups is 2. The van der Waals surface area contributed by atoms with Crippen molar-refractivity contribution in [3.8, 4) is 23.0 Å². The van der Waals surface area contributed by atoms with Crippen LogP contribution in [-0.4, -0.2) is 54.1 Å². The Labute approximate surface area is 228 Å². The summed E-state index contributed by atoms with van der Waals surface area (Å²) in [5.74, 6) is 2.17. The molecule has 2 N–H and O–H groups in total. The number of halogens is 1. The first-order chi connectivity index (χ1) is 18.5. The normalized spacial score (nSPS) is 20.5. The average Bonchev–Trinajstić information content (AvgIpc) is 3.78. The smallest absolute Gasteiger partial charge is 0.150 e. The van der Waals surface area contributed by atoms with E-state index in [2.05, 4.69) is 11.8 Å². The molecule has 2 aliphatic heterocycles. The summed E-state index contributed by atoms with van der Waals surface area (Å²) in [5.41, 5.74) is 4.90. The third-order valence-corrected chi connectivity index (χ3v) is 7.96. The lowest BCUT2D eigenvalue weighted by Crippen LogP contribution is -2.44. The zero-order chi connectivity index (χ0) is 26.2. The Bertz CT molecular complexity index is 1340. The van der Waals surface area contributed by atoms with Gasteiger partial charge in [0.1, 0.15) is 35.7 Å². The van der Waals surface area contributed by atoms with Crippen LogP contribution in [0.25, 0.3) is 11.1 Å². The van der Waals surface area contributed by atoms with Crippen LogP contribution in [0.3, 0.4) is 0 Å². The minimum absolute atomic E-state index is 0.0328. The second kappa shape index (κ2) is 10.5. The fourth-order valence-corrected chi connectivity index (χ4v) is 5.53. The van der Waals surface area contributed by atoms with Crippen molar-refractivity contribution in [2.45, 2.75) is 31.9 Å². The molecule has 1 aliphatic carbocycles. The predicted molar refractivity (Wildman–Crippen MR) is 148 cm³/mol. The number of hydrogen-bond donors (Lipinski definition) is 2. The molecule has 3 aliphatic rings. The van der Waals surface area contributed by atoms with Crippen LogP contribution in [0.5, 0.6) is 23.0 Å². The Hall–Kier alpha value is -3.19. The third-order valence-electron chi connectivity index (χ3n) is 7.64. The number of rotatable bonds is 7. The standard InChI is InChI=1S/C31H32ClNO5/c1-19(33-12-14-36-15-13-33)18-37-24-8-4-21(5-9-24)31-30(22-6-10-26(32)27(35)16-22)29(20-2-3-20)25-17-23(34)7-11-28(25)38-31/h4-11,16-17,19-20,31,34-35H,2-3,12-15,18H2,1H3. The Morgan fingerprint density at radius 1 is 0.974 bits per heavy atom. The molecule has 1 saturated carbocycles. The molecule has 3 aromatic carbocycles. The molecule has 2 heterocycles. The van der Waals surface area contributed by atoms with Crippen LogP contribution < -0.4 is 9.47 Å². The Morgan fingerprint density at radius 2 is 1.74 bits per heavy atom. The molecule has 0 spiro atoms. The van der Waals surface area contributed by atoms with E-state index in [0.29, 0.717) is 23.6 Å². The van der Waals surface area contributed by atoms with Gasteiger partial charge in [0.15, 0.2) is 0 Å². The first kappa shape index (κ1) is 25.1. The lowest BCUT2D eigenvalue weighted by atomic mass is 9.83. The molecule has 3 aromatic rings. The molecule has 38 heavy (non-hydrogen) atoms. The van der Waals surface area contributed by atoms with Gasteiger partial charge < -0.3 is 24.4 Å². The number of phenolic OH excluding ortho intramolecular Hbond substituents is 2. The highest BCUT2D eigenvalue weighted by atomic mass is 35.5. The van der Waals surface area contributed by atoms with Gasteiger partial charge in [0, 0.05) is 30.3 Å². The number of benzene rings is 3. The van der Waals surface area contributed by atoms with E-state index in [9.17, 15) is 10.2 Å². The highest BCUT2D eigenvalue weighted by Gasteiger charge is 2.38. The van der Waals surface area contributed by atoms with Crippen LogP contribution >= 0.6 is 11.6 Å². The van der Waals surface area contributed by atoms with Crippen LogP contribution in [0.1, 0.15) is 42.6 Å². The molecule has 2 fully saturated rings. The molecular weight excluding hydrogens is 502 g/mol. The van der Waals surface area contributed by atoms with Gasteiger partial charge in [-0.05, 0) is 84.8 Å². The molecule has 6 rings (SSSR count). The van der Waals surface area contributed by atoms with Gasteiger partial charge in [0.05, 0.1) is 18.2 Å². The van der Waals surface area contributed by atoms with Crippen LogP contribution in [0, 0.1) is 5.92 Å². The fraction of sp³-hybridized carbons (Fsp3) is 0.355. The largest absolute Gasteiger partial charge is 0.508 e. The van der Waals surface area contributed by atoms with Gasteiger partial charge in [0.25, 0.3) is 0 Å². The molecule has 1 saturated heterocycles. The summed E-state index contributed by atoms with van der Waals surface area (Å²) >= 11 is 6.15. The van der Waals surface area contributed by atoms with Crippen molar-refractivity contribution >= 4 is 22.7 Å². The van der Waals surface area contributed by atoms with E-state index in [1.54, 1.807) is 24.3 Å². The Morgan fingerprint density at radius 3 is 2.45 bits per heavy atom. The second-order valence-electron chi connectivity index (χ2n) is 10.3. The van der Waals surface area contributed by atoms with Crippen molar-refractivity contribution < 1.29 is 24.4 Å². The maximum Gasteiger partial charge on any atom is 0.150 e. The number of morpholine rings is 1. The number of nitrogens with zero attached hydrogens (tertiary/aromatic N) is 1. The van der Waals surface area contributed by atoms with E-state index in [-0.39, 0.29) is 17.6 Å². The third kappa shape index (κ3) is 5.08. The van der Waals surface area contributed by atoms with Crippen molar-refractivity contribution in [1.29, 1.82) is 0 Å². The number of phenols is 2. The topological polar surface area (TPSA) is 71.4 Å². The quantitative estimate of drug-likeness (QED) is 0.371. The Kier molecular flexibility index (Phi) is 6.95. The maximum absolute atomic E-state index is 10.4. The summed E-state index contributed by atoms with van der Waals surface area (Å²) < 4.78 is 18.2. The van der Waals surface area contributed by atoms with Crippen LogP contribution in [0.4, 0.5) is 0 Å². The van der Waals surface area contributed by atoms with E-state index < -0.39 is 0 Å². The highest BCUT2D eigenvalue weighted by Crippen LogP contribution is 2.55. The monoisotopic (exact) mass is 533 g/mol. The summed E-state index contributed by atoms with van der Waals surface area (Å²) in [4.78, 5) is 2.39. The number of allylic oxidation sites excluding steroid dienone is 1. The summed E-state index contributed by atoms with van der Waals surface area (Å²) in [7, 11) is 0. The summed E-state index contributed by atoms with van der Waals surface area (Å²) in [6.07, 6.45) is 1.77. The molecule has 0 amide bonds. The zero-order valence-corrected chi connectivity index (χ0v) is 22.2. The number of hydrogen-bond acceptors (Lipinski definition) is 6. The van der Waals surface area contributed by atoms with Gasteiger partial charge in [0.2, 0.25) is 0 Å². The van der Waals surface area contributed by atoms with Gasteiger partial charge in [-0.25, -0.2) is 0 Å². The van der Waals surface area contributed by atoms with Gasteiger partial charge in [-0.3, -0.25) is 4.90 Å². The van der Waals surface area contributed by atoms with Gasteiger partial charge in [-0.2, -0.15) is 0 Å². The second-order valence-corrected chi connectivity index (χ2v) is 10.7. The molecule has 198 valence electrons. The Balaban J connectivity index is 1.32. The molecular formula is C31H32ClNO5. The SMILES string of the molecule is CC(COc1ccc(C2Oc3ccc(O)cc3C(C3CC3)=C2c2ccc(Cl)c(O)c2)cc1)N1CCOCC1. The van der Waals surface area contributed by atoms with Crippen LogP contribution in [0.2, 0.25) is 5.02 Å². The predicted octanol–water partition coefficient (Wildman–Crippen LogP) is 6.31. The first-order valence-electron chi connectivity index (χ1n) is 13.3. The molecule has 2 atom stereocenters. The van der Waals surface area contributed by atoms with Gasteiger partial charge >= 0.3 is 0 Å². The first-order valence-corrected chi connectivity index (χ1v) is 13.6. The fourth-order valence-electron chi connectivity index (χ4n) is 5.42. The van der Waals surface area contributed by atoms with Gasteiger partial charge in [-0.1, -0.05) is 29.8 Å². The average molecular weight is 534 g/mol. The molecule has 0 aromatic heterocycles. The van der Waals surface area contributed by atoms with Crippen LogP contribution in [0.15, 0.2) is 60.7 Å². The van der Waals surface area contributed by atoms with Crippen molar-refractivity contribution in [2.75, 3.05) is 32.9 Å². The van der Waals surface area contributed by atoms with E-state index in [1.807, 2.05) is 36.4 Å². The van der Waals surface area contributed by atoms with E-state index in [1.165, 1.54) is 0 Å². The van der Waals surface area contributed by atoms with Crippen molar-refractivity contribution in [2.24, 2.45) is 5.92 Å². The van der Waals surface area contributed by atoms with Crippen molar-refractivity contribution in [1.82, 2.24) is 4.90 Å². The minimum Gasteiger partial charge on any atom is -0.508 e. The molecule has 7 heteroatoms. The zero-order valence-electron chi connectivity index (χ0n) is 21.4. The van der Waals surface area contributed by atoms with Crippen molar-refractivity contribution in [3.05, 3.63) is 82.4 Å². The lowest BCUT2D eigenvalue weighted by molar-refractivity contribution is 0.0105. The van der Waals surface area contributed by atoms with Crippen molar-refractivity contribution in [3.63, 3.8) is 0 Å². The minimum atomic E-state index is -0.385. The number of fused-ring (bicyclic) bond motifs is 1. The molecule has 2 unspecified atom stereocenters. The molecule has 0 radical (unpaired) electrons. The van der Waals surface area contributed by atoms with E-state index in [0.717, 1.165) is 78.5 Å². The number of ether oxygens (including phenoxy) is 3. The van der Waals surface area contributed by atoms with E-state index in [4.69, 9.17) is 25.8 Å². The molecule has 6 nitrogen and oxygen atoms in total. The highest BCUT2D eigenvalue weighted by molar-refractivity contribution is 6.32. The summed E-state index contributed by atoms with van der Waals surface area (Å²) in [6, 6.07) is 19.0. The van der Waals surface area contributed by atoms with Gasteiger partial charge in [-0.15, -0.1) is 0 Å². The van der Waals surface area contributed by atoms with Crippen LogP contribution in [-0.2, 0) is 4.74 Å². The molecule has 0 bridgehead atoms.